The molecule has 2 rings (SSSR count). The van der Waals surface area contributed by atoms with Crippen LogP contribution in [-0.4, -0.2) is 17.6 Å². The van der Waals surface area contributed by atoms with Gasteiger partial charge in [0.1, 0.15) is 0 Å². The van der Waals surface area contributed by atoms with Gasteiger partial charge in [0.15, 0.2) is 0 Å². The topological polar surface area (TPSA) is 9.23 Å². The van der Waals surface area contributed by atoms with E-state index >= 15 is 0 Å². The van der Waals surface area contributed by atoms with Crippen LogP contribution in [0.5, 0.6) is 0 Å². The fourth-order valence-corrected chi connectivity index (χ4v) is 4.18. The van der Waals surface area contributed by atoms with E-state index in [1.54, 1.807) is 0 Å². The molecule has 18 heavy (non-hydrogen) atoms. The van der Waals surface area contributed by atoms with E-state index in [0.717, 1.165) is 12.3 Å². The lowest BCUT2D eigenvalue weighted by atomic mass is 9.78. The highest BCUT2D eigenvalue weighted by atomic mass is 35.5. The maximum absolute atomic E-state index is 6.46. The summed E-state index contributed by atoms with van der Waals surface area (Å²) in [4.78, 5) is 0. The monoisotopic (exact) mass is 272 g/mol. The van der Waals surface area contributed by atoms with Gasteiger partial charge in [0, 0.05) is 5.88 Å². The molecule has 0 aromatic heterocycles. The molecule has 0 amide bonds. The van der Waals surface area contributed by atoms with Crippen molar-refractivity contribution >= 4 is 11.6 Å². The Bertz CT molecular complexity index is 263. The van der Waals surface area contributed by atoms with E-state index in [9.17, 15) is 0 Å². The Hall–Kier alpha value is 0.250. The minimum absolute atomic E-state index is 0.262. The Morgan fingerprint density at radius 3 is 2.39 bits per heavy atom. The minimum Gasteiger partial charge on any atom is -0.372 e. The van der Waals surface area contributed by atoms with Gasteiger partial charge in [-0.05, 0) is 43.4 Å². The van der Waals surface area contributed by atoms with Crippen LogP contribution in [0.15, 0.2) is 0 Å². The van der Waals surface area contributed by atoms with Crippen molar-refractivity contribution in [3.8, 4) is 0 Å². The van der Waals surface area contributed by atoms with Crippen LogP contribution in [0.25, 0.3) is 0 Å². The average Bonchev–Trinajstić information content (AvgIpc) is 2.68. The summed E-state index contributed by atoms with van der Waals surface area (Å²) in [7, 11) is 0. The summed E-state index contributed by atoms with van der Waals surface area (Å²) in [6.45, 7) is 6.89. The molecule has 1 saturated carbocycles. The number of alkyl halides is 1. The molecule has 0 aromatic carbocycles. The summed E-state index contributed by atoms with van der Waals surface area (Å²) in [5.74, 6) is 1.33. The van der Waals surface area contributed by atoms with Crippen molar-refractivity contribution in [3.63, 3.8) is 0 Å². The first-order chi connectivity index (χ1) is 8.45. The Balaban J connectivity index is 1.88. The van der Waals surface area contributed by atoms with E-state index in [0.29, 0.717) is 17.4 Å². The zero-order valence-corrected chi connectivity index (χ0v) is 13.1. The standard InChI is InChI=1S/C16H29ClO/c1-15(2,3)13(12-17)11-14-7-10-16(18-14)8-5-4-6-9-16/h13-14H,4-12H2,1-3H3. The van der Waals surface area contributed by atoms with Gasteiger partial charge in [0.25, 0.3) is 0 Å². The van der Waals surface area contributed by atoms with Crippen LogP contribution in [0.4, 0.5) is 0 Å². The summed E-state index contributed by atoms with van der Waals surface area (Å²) < 4.78 is 6.46. The quantitative estimate of drug-likeness (QED) is 0.645. The predicted octanol–water partition coefficient (Wildman–Crippen LogP) is 5.16. The number of hydrogen-bond donors (Lipinski definition) is 0. The van der Waals surface area contributed by atoms with Gasteiger partial charge >= 0.3 is 0 Å². The smallest absolute Gasteiger partial charge is 0.0687 e. The van der Waals surface area contributed by atoms with Gasteiger partial charge in [-0.3, -0.25) is 0 Å². The first kappa shape index (κ1) is 14.7. The third kappa shape index (κ3) is 3.42. The molecule has 1 spiro atoms. The number of hydrogen-bond acceptors (Lipinski definition) is 1. The van der Waals surface area contributed by atoms with Crippen LogP contribution >= 0.6 is 11.6 Å². The predicted molar refractivity (Wildman–Crippen MR) is 78.2 cm³/mol. The highest BCUT2D eigenvalue weighted by molar-refractivity contribution is 6.18. The van der Waals surface area contributed by atoms with Gasteiger partial charge in [-0.1, -0.05) is 40.0 Å². The van der Waals surface area contributed by atoms with E-state index in [1.807, 2.05) is 0 Å². The average molecular weight is 273 g/mol. The second-order valence-corrected chi connectivity index (χ2v) is 7.78. The van der Waals surface area contributed by atoms with Gasteiger partial charge in [0.05, 0.1) is 11.7 Å². The second-order valence-electron chi connectivity index (χ2n) is 7.48. The highest BCUT2D eigenvalue weighted by Crippen LogP contribution is 2.44. The molecule has 2 atom stereocenters. The van der Waals surface area contributed by atoms with Crippen molar-refractivity contribution in [1.82, 2.24) is 0 Å². The van der Waals surface area contributed by atoms with E-state index in [2.05, 4.69) is 20.8 Å². The fraction of sp³-hybridized carbons (Fsp3) is 1.00. The molecule has 2 unspecified atom stereocenters. The van der Waals surface area contributed by atoms with Gasteiger partial charge in [-0.25, -0.2) is 0 Å². The van der Waals surface area contributed by atoms with Gasteiger partial charge in [0.2, 0.25) is 0 Å². The van der Waals surface area contributed by atoms with E-state index in [4.69, 9.17) is 16.3 Å². The fourth-order valence-electron chi connectivity index (χ4n) is 3.59. The normalized spacial score (nSPS) is 29.7. The first-order valence-electron chi connectivity index (χ1n) is 7.69. The molecule has 2 aliphatic rings. The summed E-state index contributed by atoms with van der Waals surface area (Å²) in [5, 5.41) is 0. The molecule has 1 aliphatic heterocycles. The summed E-state index contributed by atoms with van der Waals surface area (Å²) in [5.41, 5.74) is 0.561. The maximum Gasteiger partial charge on any atom is 0.0687 e. The lowest BCUT2D eigenvalue weighted by Gasteiger charge is -2.35. The van der Waals surface area contributed by atoms with Crippen molar-refractivity contribution in [3.05, 3.63) is 0 Å². The molecule has 1 aliphatic carbocycles. The van der Waals surface area contributed by atoms with Crippen LogP contribution in [-0.2, 0) is 4.74 Å². The molecule has 1 nitrogen and oxygen atoms in total. The van der Waals surface area contributed by atoms with Crippen molar-refractivity contribution in [2.45, 2.75) is 83.8 Å². The van der Waals surface area contributed by atoms with Crippen LogP contribution in [0.3, 0.4) is 0 Å². The van der Waals surface area contributed by atoms with Crippen molar-refractivity contribution in [1.29, 1.82) is 0 Å². The van der Waals surface area contributed by atoms with Gasteiger partial charge < -0.3 is 4.74 Å². The molecule has 0 bridgehead atoms. The first-order valence-corrected chi connectivity index (χ1v) is 8.22. The number of ether oxygens (including phenoxy) is 1. The summed E-state index contributed by atoms with van der Waals surface area (Å²) >= 11 is 6.15. The largest absolute Gasteiger partial charge is 0.372 e. The molecular weight excluding hydrogens is 244 g/mol. The lowest BCUT2D eigenvalue weighted by molar-refractivity contribution is -0.0729. The van der Waals surface area contributed by atoms with Crippen LogP contribution in [0.2, 0.25) is 0 Å². The molecule has 106 valence electrons. The third-order valence-corrected chi connectivity index (χ3v) is 5.43. The molecule has 1 saturated heterocycles. The highest BCUT2D eigenvalue weighted by Gasteiger charge is 2.42. The Labute approximate surface area is 118 Å². The second kappa shape index (κ2) is 5.71. The summed E-state index contributed by atoms with van der Waals surface area (Å²) in [6, 6.07) is 0. The molecule has 1 heterocycles. The summed E-state index contributed by atoms with van der Waals surface area (Å²) in [6.07, 6.45) is 10.9. The van der Waals surface area contributed by atoms with Crippen molar-refractivity contribution in [2.75, 3.05) is 5.88 Å². The van der Waals surface area contributed by atoms with Crippen LogP contribution in [0.1, 0.15) is 72.1 Å². The Kier molecular flexibility index (Phi) is 4.65. The zero-order chi connectivity index (χ0) is 13.2. The number of rotatable bonds is 3. The Morgan fingerprint density at radius 1 is 1.17 bits per heavy atom. The molecule has 0 aromatic rings. The van der Waals surface area contributed by atoms with Crippen molar-refractivity contribution < 1.29 is 4.74 Å². The van der Waals surface area contributed by atoms with E-state index < -0.39 is 0 Å². The molecule has 0 N–H and O–H groups in total. The molecule has 2 fully saturated rings. The minimum atomic E-state index is 0.262. The SMILES string of the molecule is CC(C)(C)C(CCl)CC1CCC2(CCCCC2)O1. The van der Waals surface area contributed by atoms with E-state index in [1.165, 1.54) is 44.9 Å². The maximum atomic E-state index is 6.46. The molecule has 0 radical (unpaired) electrons. The molecular formula is C16H29ClO. The van der Waals surface area contributed by atoms with Gasteiger partial charge in [-0.15, -0.1) is 11.6 Å². The number of halogens is 1. The zero-order valence-electron chi connectivity index (χ0n) is 12.3. The van der Waals surface area contributed by atoms with Crippen LogP contribution in [0, 0.1) is 11.3 Å². The Morgan fingerprint density at radius 2 is 1.83 bits per heavy atom. The van der Waals surface area contributed by atoms with Crippen LogP contribution < -0.4 is 0 Å². The third-order valence-electron chi connectivity index (χ3n) is 5.06. The van der Waals surface area contributed by atoms with Gasteiger partial charge in [-0.2, -0.15) is 0 Å². The molecule has 2 heteroatoms. The van der Waals surface area contributed by atoms with E-state index in [-0.39, 0.29) is 5.60 Å². The van der Waals surface area contributed by atoms with Crippen molar-refractivity contribution in [2.24, 2.45) is 11.3 Å². The lowest BCUT2D eigenvalue weighted by Crippen LogP contribution is -2.33.